The van der Waals surface area contributed by atoms with Crippen molar-refractivity contribution in [2.24, 2.45) is 0 Å². The smallest absolute Gasteiger partial charge is 0.421 e. The van der Waals surface area contributed by atoms with Crippen molar-refractivity contribution >= 4 is 28.5 Å². The molecule has 1 saturated heterocycles. The largest absolute Gasteiger partial charge is 0.465 e. The molecule has 1 atom stereocenters. The van der Waals surface area contributed by atoms with Crippen molar-refractivity contribution in [1.29, 1.82) is 5.26 Å². The third-order valence-corrected chi connectivity index (χ3v) is 7.46. The molecule has 3 heterocycles. The van der Waals surface area contributed by atoms with E-state index in [1.54, 1.807) is 10.7 Å². The molecule has 13 heteroatoms. The Morgan fingerprint density at radius 1 is 1.24 bits per heavy atom. The highest BCUT2D eigenvalue weighted by Gasteiger charge is 2.57. The number of halogens is 3. The average molecular weight is 516 g/mol. The van der Waals surface area contributed by atoms with Crippen LogP contribution in [0.4, 0.5) is 29.5 Å². The number of nitriles is 1. The first kappa shape index (κ1) is 24.6. The van der Waals surface area contributed by atoms with Gasteiger partial charge in [-0.05, 0) is 55.0 Å². The summed E-state index contributed by atoms with van der Waals surface area (Å²) in [5.74, 6) is 0.152. The van der Waals surface area contributed by atoms with Crippen LogP contribution in [0.25, 0.3) is 10.9 Å². The molecular formula is C24H23F3N6O4. The van der Waals surface area contributed by atoms with Gasteiger partial charge in [0.25, 0.3) is 5.56 Å². The zero-order chi connectivity index (χ0) is 26.6. The molecule has 0 bridgehead atoms. The number of carbonyl (C=O) groups is 1. The maximum Gasteiger partial charge on any atom is 0.421 e. The number of piperidine rings is 1. The highest BCUT2D eigenvalue weighted by molar-refractivity contribution is 5.91. The van der Waals surface area contributed by atoms with Gasteiger partial charge in [-0.25, -0.2) is 4.79 Å². The molecule has 1 fully saturated rings. The summed E-state index contributed by atoms with van der Waals surface area (Å²) < 4.78 is 42.0. The number of H-pyrrole nitrogens is 1. The first-order valence-corrected chi connectivity index (χ1v) is 11.6. The molecule has 0 saturated carbocycles. The molecular weight excluding hydrogens is 493 g/mol. The van der Waals surface area contributed by atoms with Crippen LogP contribution in [-0.4, -0.2) is 55.2 Å². The number of nitrogens with one attached hydrogen (secondary N) is 2. The second-order valence-electron chi connectivity index (χ2n) is 9.51. The van der Waals surface area contributed by atoms with E-state index in [0.717, 1.165) is 0 Å². The molecule has 2 aliphatic rings. The molecule has 1 aliphatic carbocycles. The van der Waals surface area contributed by atoms with Crippen LogP contribution >= 0.6 is 0 Å². The lowest BCUT2D eigenvalue weighted by Gasteiger charge is -2.40. The summed E-state index contributed by atoms with van der Waals surface area (Å²) in [4.78, 5) is 28.1. The quantitative estimate of drug-likeness (QED) is 0.415. The number of alkyl halides is 3. The van der Waals surface area contributed by atoms with Crippen LogP contribution in [-0.2, 0) is 17.6 Å². The molecule has 194 valence electrons. The van der Waals surface area contributed by atoms with E-state index in [0.29, 0.717) is 29.6 Å². The summed E-state index contributed by atoms with van der Waals surface area (Å²) in [5, 5.41) is 37.0. The zero-order valence-electron chi connectivity index (χ0n) is 19.5. The van der Waals surface area contributed by atoms with Crippen molar-refractivity contribution in [3.63, 3.8) is 0 Å². The topological polar surface area (TPSA) is 147 Å². The number of carboxylic acid groups (broad SMARTS) is 1. The highest BCUT2D eigenvalue weighted by atomic mass is 19.4. The number of aliphatic hydroxyl groups is 1. The summed E-state index contributed by atoms with van der Waals surface area (Å²) in [5.41, 5.74) is -3.24. The fourth-order valence-electron chi connectivity index (χ4n) is 5.41. The van der Waals surface area contributed by atoms with Gasteiger partial charge in [0.15, 0.2) is 11.4 Å². The van der Waals surface area contributed by atoms with E-state index in [2.05, 4.69) is 21.5 Å². The van der Waals surface area contributed by atoms with Crippen LogP contribution < -0.4 is 10.9 Å². The fourth-order valence-corrected chi connectivity index (χ4v) is 5.41. The molecule has 5 rings (SSSR count). The van der Waals surface area contributed by atoms with Crippen molar-refractivity contribution in [3.8, 4) is 6.07 Å². The highest BCUT2D eigenvalue weighted by Crippen LogP contribution is 2.48. The van der Waals surface area contributed by atoms with Gasteiger partial charge in [0.1, 0.15) is 5.39 Å². The summed E-state index contributed by atoms with van der Waals surface area (Å²) in [6, 6.07) is 7.91. The number of nitrogens with zero attached hydrogens (tertiary/aromatic N) is 4. The molecule has 4 N–H and O–H groups in total. The van der Waals surface area contributed by atoms with Gasteiger partial charge < -0.3 is 25.4 Å². The zero-order valence-corrected chi connectivity index (χ0v) is 19.5. The minimum Gasteiger partial charge on any atom is -0.465 e. The summed E-state index contributed by atoms with van der Waals surface area (Å²) >= 11 is 0. The molecule has 0 radical (unpaired) electrons. The second-order valence-corrected chi connectivity index (χ2v) is 9.51. The third-order valence-electron chi connectivity index (χ3n) is 7.46. The van der Waals surface area contributed by atoms with Crippen LogP contribution in [0.1, 0.15) is 36.8 Å². The minimum atomic E-state index is -4.80. The number of hydrogen-bond acceptors (Lipinski definition) is 6. The van der Waals surface area contributed by atoms with E-state index in [-0.39, 0.29) is 42.7 Å². The van der Waals surface area contributed by atoms with Gasteiger partial charge in [0.05, 0.1) is 23.5 Å². The standard InChI is InChI=1S/C24H23F3N6O4/c25-24(26,27)23(37)5-3-14-13-15(1-2-16(14)23)30-19-18-17(4-10-29-20(18)34)33(31-19)22(6-9-28)7-11-32(12-8-22)21(35)36/h1-2,4,10,13,37H,3,5-8,11-12H2,(H,29,34)(H,30,31)(H,35,36). The predicted octanol–water partition coefficient (Wildman–Crippen LogP) is 3.55. The van der Waals surface area contributed by atoms with Gasteiger partial charge in [-0.3, -0.25) is 9.48 Å². The number of amides is 1. The Kier molecular flexibility index (Phi) is 5.67. The predicted molar refractivity (Wildman–Crippen MR) is 125 cm³/mol. The molecule has 37 heavy (non-hydrogen) atoms. The van der Waals surface area contributed by atoms with Gasteiger partial charge in [-0.2, -0.15) is 23.5 Å². The van der Waals surface area contributed by atoms with Gasteiger partial charge in [-0.15, -0.1) is 0 Å². The van der Waals surface area contributed by atoms with Crippen molar-refractivity contribution in [2.75, 3.05) is 18.4 Å². The van der Waals surface area contributed by atoms with E-state index >= 15 is 0 Å². The van der Waals surface area contributed by atoms with Crippen LogP contribution in [0.5, 0.6) is 0 Å². The van der Waals surface area contributed by atoms with Crippen LogP contribution in [0.2, 0.25) is 0 Å². The maximum absolute atomic E-state index is 13.5. The molecule has 2 aromatic heterocycles. The number of pyridine rings is 1. The Bertz CT molecular complexity index is 1480. The van der Waals surface area contributed by atoms with Crippen LogP contribution in [0.15, 0.2) is 35.3 Å². The number of hydrogen-bond donors (Lipinski definition) is 4. The van der Waals surface area contributed by atoms with Gasteiger partial charge in [-0.1, -0.05) is 6.07 Å². The van der Waals surface area contributed by atoms with E-state index in [4.69, 9.17) is 0 Å². The molecule has 1 amide bonds. The number of anilines is 2. The summed E-state index contributed by atoms with van der Waals surface area (Å²) in [6.07, 6.45) is -4.19. The van der Waals surface area contributed by atoms with Crippen LogP contribution in [0.3, 0.4) is 0 Å². The monoisotopic (exact) mass is 516 g/mol. The van der Waals surface area contributed by atoms with Crippen molar-refractivity contribution in [3.05, 3.63) is 51.9 Å². The van der Waals surface area contributed by atoms with Gasteiger partial charge in [0, 0.05) is 25.0 Å². The normalized spacial score (nSPS) is 21.0. The first-order valence-electron chi connectivity index (χ1n) is 11.6. The average Bonchev–Trinajstić information content (AvgIpc) is 3.39. The fraction of sp³-hybridized carbons (Fsp3) is 0.417. The number of aryl methyl sites for hydroxylation is 1. The lowest BCUT2D eigenvalue weighted by molar-refractivity contribution is -0.265. The van der Waals surface area contributed by atoms with E-state index in [1.807, 2.05) is 0 Å². The number of rotatable bonds is 4. The molecule has 1 unspecified atom stereocenters. The lowest BCUT2D eigenvalue weighted by Crippen LogP contribution is -2.48. The molecule has 10 nitrogen and oxygen atoms in total. The van der Waals surface area contributed by atoms with Gasteiger partial charge >= 0.3 is 12.3 Å². The Balaban J connectivity index is 1.55. The second kappa shape index (κ2) is 8.52. The van der Waals surface area contributed by atoms with E-state index in [1.165, 1.54) is 29.3 Å². The number of aromatic nitrogens is 3. The van der Waals surface area contributed by atoms with Crippen molar-refractivity contribution in [2.45, 2.75) is 49.4 Å². The number of aromatic amines is 1. The molecule has 1 aromatic carbocycles. The minimum absolute atomic E-state index is 0.0298. The number of fused-ring (bicyclic) bond motifs is 2. The Morgan fingerprint density at radius 3 is 2.62 bits per heavy atom. The lowest BCUT2D eigenvalue weighted by atomic mass is 9.85. The Morgan fingerprint density at radius 2 is 1.97 bits per heavy atom. The van der Waals surface area contributed by atoms with E-state index < -0.39 is 35.4 Å². The number of benzene rings is 1. The third kappa shape index (κ3) is 3.88. The van der Waals surface area contributed by atoms with Crippen molar-refractivity contribution < 1.29 is 28.2 Å². The summed E-state index contributed by atoms with van der Waals surface area (Å²) in [6.45, 7) is 0.383. The Labute approximate surface area is 207 Å². The maximum atomic E-state index is 13.5. The SMILES string of the molecule is N#CCC1(n2nc(Nc3ccc4c(c3)CCC4(O)C(F)(F)F)c3c(=O)[nH]ccc32)CCN(C(=O)O)CC1. The molecule has 1 aliphatic heterocycles. The van der Waals surface area contributed by atoms with Gasteiger partial charge in [0.2, 0.25) is 0 Å². The molecule has 3 aromatic rings. The Hall–Kier alpha value is -4.05. The van der Waals surface area contributed by atoms with Crippen molar-refractivity contribution in [1.82, 2.24) is 19.7 Å². The summed E-state index contributed by atoms with van der Waals surface area (Å²) in [7, 11) is 0. The number of likely N-dealkylation sites (tertiary alicyclic amines) is 1. The van der Waals surface area contributed by atoms with E-state index in [9.17, 15) is 38.2 Å². The van der Waals surface area contributed by atoms with Crippen LogP contribution in [0, 0.1) is 11.3 Å². The molecule has 0 spiro atoms. The first-order chi connectivity index (χ1) is 17.5.